The summed E-state index contributed by atoms with van der Waals surface area (Å²) in [6.45, 7) is 9.60. The van der Waals surface area contributed by atoms with Gasteiger partial charge in [-0.25, -0.2) is 4.98 Å². The Balaban J connectivity index is 2.02. The van der Waals surface area contributed by atoms with E-state index < -0.39 is 8.07 Å². The summed E-state index contributed by atoms with van der Waals surface area (Å²) < 4.78 is 8.12. The average Bonchev–Trinajstić information content (AvgIpc) is 3.00. The number of ether oxygens (including phenoxy) is 1. The van der Waals surface area contributed by atoms with Gasteiger partial charge in [-0.2, -0.15) is 0 Å². The molecular weight excluding hydrogens is 450 g/mol. The third kappa shape index (κ3) is 8.29. The largest absolute Gasteiger partial charge is 0.382 e. The van der Waals surface area contributed by atoms with Crippen LogP contribution in [0.3, 0.4) is 0 Å². The molecule has 0 saturated heterocycles. The van der Waals surface area contributed by atoms with E-state index in [0.717, 1.165) is 30.5 Å². The lowest BCUT2D eigenvalue weighted by molar-refractivity contribution is 0.0808. The summed E-state index contributed by atoms with van der Waals surface area (Å²) in [6.07, 6.45) is 1.77. The van der Waals surface area contributed by atoms with Gasteiger partial charge in [-0.1, -0.05) is 31.8 Å². The van der Waals surface area contributed by atoms with Crippen LogP contribution in [0.15, 0.2) is 35.1 Å². The van der Waals surface area contributed by atoms with Crippen LogP contribution < -0.4 is 10.6 Å². The maximum Gasteiger partial charge on any atom is 0.291 e. The van der Waals surface area contributed by atoms with Crippen molar-refractivity contribution in [1.82, 2.24) is 14.5 Å². The highest BCUT2D eigenvalue weighted by molar-refractivity contribution is 9.10. The Hall–Kier alpha value is -1.68. The van der Waals surface area contributed by atoms with Crippen LogP contribution in [-0.2, 0) is 11.5 Å². The molecule has 0 atom stereocenters. The molecule has 2 rings (SSSR count). The topological polar surface area (TPSA) is 71.4 Å². The molecule has 0 aliphatic heterocycles. The molecule has 0 unspecified atom stereocenters. The van der Waals surface area contributed by atoms with Gasteiger partial charge in [-0.05, 0) is 48.2 Å². The van der Waals surface area contributed by atoms with E-state index >= 15 is 0 Å². The molecule has 1 amide bonds. The first-order valence-corrected chi connectivity index (χ1v) is 14.2. The molecule has 0 fully saturated rings. The van der Waals surface area contributed by atoms with E-state index in [1.807, 2.05) is 38.4 Å². The molecule has 0 bridgehead atoms. The highest BCUT2D eigenvalue weighted by Gasteiger charge is 2.17. The maximum absolute atomic E-state index is 12.9. The lowest BCUT2D eigenvalue weighted by Crippen LogP contribution is -2.23. The standard InChI is InChI=1S/C20H32BrN5O2Si/c1-25(2)11-10-22-16-8-6-7-9-17(16)23-20(27)19-24-18(21)14-26(19)15-28-12-13-29(3,4)5/h6-9,14,22H,10-13,15H2,1-5H3,(H,23,27). The van der Waals surface area contributed by atoms with Gasteiger partial charge < -0.3 is 24.8 Å². The lowest BCUT2D eigenvalue weighted by atomic mass is 10.2. The molecule has 2 aromatic rings. The molecule has 1 aromatic heterocycles. The van der Waals surface area contributed by atoms with Crippen LogP contribution in [0, 0.1) is 0 Å². The van der Waals surface area contributed by atoms with Gasteiger partial charge in [0.15, 0.2) is 0 Å². The zero-order valence-corrected chi connectivity index (χ0v) is 20.5. The van der Waals surface area contributed by atoms with Gasteiger partial charge in [0.1, 0.15) is 11.3 Å². The van der Waals surface area contributed by atoms with Gasteiger partial charge in [0.25, 0.3) is 5.91 Å². The molecule has 29 heavy (non-hydrogen) atoms. The van der Waals surface area contributed by atoms with Gasteiger partial charge in [0, 0.05) is 34.0 Å². The number of nitrogens with one attached hydrogen (secondary N) is 2. The number of hydrogen-bond donors (Lipinski definition) is 2. The predicted molar refractivity (Wildman–Crippen MR) is 125 cm³/mol. The molecule has 9 heteroatoms. The molecule has 0 aliphatic carbocycles. The molecule has 2 N–H and O–H groups in total. The van der Waals surface area contributed by atoms with Crippen LogP contribution in [0.25, 0.3) is 0 Å². The monoisotopic (exact) mass is 481 g/mol. The van der Waals surface area contributed by atoms with Crippen LogP contribution >= 0.6 is 15.9 Å². The number of carbonyl (C=O) groups excluding carboxylic acids is 1. The second kappa shape index (κ2) is 10.9. The number of para-hydroxylation sites is 2. The molecule has 0 radical (unpaired) electrons. The third-order valence-electron chi connectivity index (χ3n) is 4.23. The van der Waals surface area contributed by atoms with Crippen LogP contribution in [0.2, 0.25) is 25.7 Å². The van der Waals surface area contributed by atoms with E-state index in [4.69, 9.17) is 4.74 Å². The van der Waals surface area contributed by atoms with Crippen LogP contribution in [0.5, 0.6) is 0 Å². The molecule has 0 aliphatic rings. The van der Waals surface area contributed by atoms with Crippen molar-refractivity contribution < 1.29 is 9.53 Å². The number of imidazole rings is 1. The van der Waals surface area contributed by atoms with E-state index in [-0.39, 0.29) is 5.91 Å². The second-order valence-electron chi connectivity index (χ2n) is 8.43. The first-order valence-electron chi connectivity index (χ1n) is 9.75. The number of aromatic nitrogens is 2. The van der Waals surface area contributed by atoms with Crippen molar-refractivity contribution in [3.8, 4) is 0 Å². The number of amides is 1. The second-order valence-corrected chi connectivity index (χ2v) is 14.9. The Morgan fingerprint density at radius 3 is 2.59 bits per heavy atom. The first-order chi connectivity index (χ1) is 13.7. The quantitative estimate of drug-likeness (QED) is 0.371. The molecule has 0 saturated carbocycles. The van der Waals surface area contributed by atoms with E-state index in [1.165, 1.54) is 0 Å². The van der Waals surface area contributed by atoms with Gasteiger partial charge in [-0.15, -0.1) is 0 Å². The Kier molecular flexibility index (Phi) is 8.88. The minimum atomic E-state index is -1.15. The smallest absolute Gasteiger partial charge is 0.291 e. The van der Waals surface area contributed by atoms with Crippen molar-refractivity contribution in [2.75, 3.05) is 44.4 Å². The van der Waals surface area contributed by atoms with Crippen molar-refractivity contribution in [1.29, 1.82) is 0 Å². The Bertz CT molecular complexity index is 804. The molecule has 0 spiro atoms. The van der Waals surface area contributed by atoms with Gasteiger partial charge in [0.05, 0.1) is 11.4 Å². The Labute approximate surface area is 183 Å². The number of rotatable bonds is 11. The molecular formula is C20H32BrN5O2Si. The molecule has 7 nitrogen and oxygen atoms in total. The summed E-state index contributed by atoms with van der Waals surface area (Å²) in [7, 11) is 2.90. The number of hydrogen-bond acceptors (Lipinski definition) is 5. The fourth-order valence-electron chi connectivity index (χ4n) is 2.54. The number of nitrogens with zero attached hydrogens (tertiary/aromatic N) is 3. The third-order valence-corrected chi connectivity index (χ3v) is 6.31. The van der Waals surface area contributed by atoms with E-state index in [0.29, 0.717) is 23.8 Å². The fourth-order valence-corrected chi connectivity index (χ4v) is 3.72. The minimum Gasteiger partial charge on any atom is -0.382 e. The van der Waals surface area contributed by atoms with Crippen LogP contribution in [0.1, 0.15) is 10.6 Å². The van der Waals surface area contributed by atoms with Gasteiger partial charge >= 0.3 is 0 Å². The Morgan fingerprint density at radius 2 is 1.93 bits per heavy atom. The lowest BCUT2D eigenvalue weighted by Gasteiger charge is -2.16. The predicted octanol–water partition coefficient (Wildman–Crippen LogP) is 4.18. The van der Waals surface area contributed by atoms with E-state index in [9.17, 15) is 4.79 Å². The van der Waals surface area contributed by atoms with Gasteiger partial charge in [0.2, 0.25) is 5.82 Å². The SMILES string of the molecule is CN(C)CCNc1ccccc1NC(=O)c1nc(Br)cn1COCC[Si](C)(C)C. The summed E-state index contributed by atoms with van der Waals surface area (Å²) in [4.78, 5) is 19.3. The fraction of sp³-hybridized carbons (Fsp3) is 0.500. The minimum absolute atomic E-state index is 0.272. The first kappa shape index (κ1) is 23.6. The number of benzene rings is 1. The highest BCUT2D eigenvalue weighted by atomic mass is 79.9. The summed E-state index contributed by atoms with van der Waals surface area (Å²) in [5.74, 6) is 0.0410. The number of anilines is 2. The number of carbonyl (C=O) groups is 1. The summed E-state index contributed by atoms with van der Waals surface area (Å²) >= 11 is 3.36. The highest BCUT2D eigenvalue weighted by Crippen LogP contribution is 2.22. The van der Waals surface area contributed by atoms with Crippen LogP contribution in [-0.4, -0.2) is 62.2 Å². The zero-order chi connectivity index (χ0) is 21.4. The normalized spacial score (nSPS) is 11.7. The van der Waals surface area contributed by atoms with Crippen LogP contribution in [0.4, 0.5) is 11.4 Å². The summed E-state index contributed by atoms with van der Waals surface area (Å²) in [5, 5.41) is 6.33. The van der Waals surface area contributed by atoms with Gasteiger partial charge in [-0.3, -0.25) is 4.79 Å². The molecule has 1 heterocycles. The van der Waals surface area contributed by atoms with Crippen molar-refractivity contribution in [2.24, 2.45) is 0 Å². The Morgan fingerprint density at radius 1 is 1.24 bits per heavy atom. The molecule has 160 valence electrons. The van der Waals surface area contributed by atoms with Crippen molar-refractivity contribution >= 4 is 41.3 Å². The zero-order valence-electron chi connectivity index (χ0n) is 18.0. The average molecular weight is 482 g/mol. The number of likely N-dealkylation sites (N-methyl/N-ethyl adjacent to an activating group) is 1. The summed E-state index contributed by atoms with van der Waals surface area (Å²) in [6, 6.07) is 8.75. The summed E-state index contributed by atoms with van der Waals surface area (Å²) in [5.41, 5.74) is 1.60. The van der Waals surface area contributed by atoms with Crippen molar-refractivity contribution in [3.05, 3.63) is 40.9 Å². The van der Waals surface area contributed by atoms with E-state index in [1.54, 1.807) is 10.8 Å². The van der Waals surface area contributed by atoms with Crippen molar-refractivity contribution in [2.45, 2.75) is 32.4 Å². The molecule has 1 aromatic carbocycles. The van der Waals surface area contributed by atoms with Crippen molar-refractivity contribution in [3.63, 3.8) is 0 Å². The van der Waals surface area contributed by atoms with E-state index in [2.05, 4.69) is 56.1 Å². The maximum atomic E-state index is 12.9. The number of halogens is 1.